The lowest BCUT2D eigenvalue weighted by Gasteiger charge is -2.25. The van der Waals surface area contributed by atoms with E-state index in [0.717, 1.165) is 13.0 Å². The first-order chi connectivity index (χ1) is 7.70. The minimum absolute atomic E-state index is 0.484. The van der Waals surface area contributed by atoms with E-state index in [1.807, 2.05) is 11.3 Å². The smallest absolute Gasteiger partial charge is 0.111 e. The molecule has 1 unspecified atom stereocenters. The van der Waals surface area contributed by atoms with Crippen LogP contribution in [0.5, 0.6) is 0 Å². The molecule has 4 heteroatoms. The molecule has 1 aliphatic rings. The van der Waals surface area contributed by atoms with Crippen LogP contribution in [0.25, 0.3) is 0 Å². The number of hydrogen-bond acceptors (Lipinski definition) is 4. The number of likely N-dealkylation sites (N-methyl/N-ethyl adjacent to an activating group) is 2. The van der Waals surface area contributed by atoms with E-state index in [1.54, 1.807) is 0 Å². The molecule has 0 bridgehead atoms. The summed E-state index contributed by atoms with van der Waals surface area (Å²) in [6.07, 6.45) is 2.30. The summed E-state index contributed by atoms with van der Waals surface area (Å²) in [6.45, 7) is 5.65. The van der Waals surface area contributed by atoms with Gasteiger partial charge < -0.3 is 4.90 Å². The van der Waals surface area contributed by atoms with Gasteiger partial charge in [-0.2, -0.15) is 0 Å². The van der Waals surface area contributed by atoms with Crippen LogP contribution in [0.3, 0.4) is 0 Å². The molecule has 1 saturated heterocycles. The molecule has 0 amide bonds. The minimum atomic E-state index is 0.484. The Bertz CT molecular complexity index is 337. The van der Waals surface area contributed by atoms with E-state index < -0.39 is 0 Å². The third kappa shape index (κ3) is 2.62. The second kappa shape index (κ2) is 5.25. The maximum Gasteiger partial charge on any atom is 0.111 e. The lowest BCUT2D eigenvalue weighted by atomic mass is 10.2. The van der Waals surface area contributed by atoms with E-state index in [-0.39, 0.29) is 0 Å². The highest BCUT2D eigenvalue weighted by Gasteiger charge is 2.24. The molecular weight excluding hydrogens is 218 g/mol. The first-order valence-corrected chi connectivity index (χ1v) is 6.91. The fourth-order valence-electron chi connectivity index (χ4n) is 2.18. The normalized spacial score (nSPS) is 24.6. The molecule has 2 heterocycles. The lowest BCUT2D eigenvalue weighted by Crippen LogP contribution is -2.30. The third-order valence-corrected chi connectivity index (χ3v) is 4.28. The van der Waals surface area contributed by atoms with Gasteiger partial charge in [-0.25, -0.2) is 4.98 Å². The van der Waals surface area contributed by atoms with E-state index >= 15 is 0 Å². The number of aryl methyl sites for hydroxylation is 1. The van der Waals surface area contributed by atoms with Crippen molar-refractivity contribution in [3.63, 3.8) is 0 Å². The molecule has 1 aliphatic heterocycles. The van der Waals surface area contributed by atoms with Crippen LogP contribution < -0.4 is 0 Å². The quantitative estimate of drug-likeness (QED) is 0.787. The summed E-state index contributed by atoms with van der Waals surface area (Å²) in [6, 6.07) is 0.484. The summed E-state index contributed by atoms with van der Waals surface area (Å²) in [5.41, 5.74) is 1.24. The summed E-state index contributed by atoms with van der Waals surface area (Å²) < 4.78 is 0. The maximum absolute atomic E-state index is 4.73. The monoisotopic (exact) mass is 239 g/mol. The molecule has 0 aliphatic carbocycles. The highest BCUT2D eigenvalue weighted by atomic mass is 32.1. The third-order valence-electron chi connectivity index (χ3n) is 3.28. The van der Waals surface area contributed by atoms with Crippen LogP contribution in [0.15, 0.2) is 5.38 Å². The van der Waals surface area contributed by atoms with Crippen molar-refractivity contribution in [1.29, 1.82) is 0 Å². The second-order valence-electron chi connectivity index (χ2n) is 4.64. The Labute approximate surface area is 102 Å². The van der Waals surface area contributed by atoms with Crippen LogP contribution in [0.2, 0.25) is 0 Å². The van der Waals surface area contributed by atoms with Crippen molar-refractivity contribution in [1.82, 2.24) is 14.8 Å². The van der Waals surface area contributed by atoms with Gasteiger partial charge in [0.2, 0.25) is 0 Å². The highest BCUT2D eigenvalue weighted by Crippen LogP contribution is 2.26. The average Bonchev–Trinajstić information content (AvgIpc) is 2.67. The fourth-order valence-corrected chi connectivity index (χ4v) is 3.23. The predicted octanol–water partition coefficient (Wildman–Crippen LogP) is 2.01. The zero-order valence-corrected chi connectivity index (χ0v) is 11.3. The second-order valence-corrected chi connectivity index (χ2v) is 5.53. The van der Waals surface area contributed by atoms with E-state index in [0.29, 0.717) is 6.04 Å². The molecule has 1 aromatic heterocycles. The van der Waals surface area contributed by atoms with Crippen molar-refractivity contribution < 1.29 is 0 Å². The van der Waals surface area contributed by atoms with Gasteiger partial charge in [0.05, 0.1) is 11.7 Å². The summed E-state index contributed by atoms with van der Waals surface area (Å²) in [4.78, 5) is 9.59. The van der Waals surface area contributed by atoms with Gasteiger partial charge in [-0.15, -0.1) is 11.3 Å². The lowest BCUT2D eigenvalue weighted by molar-refractivity contribution is 0.228. The van der Waals surface area contributed by atoms with Crippen molar-refractivity contribution in [2.75, 3.05) is 33.7 Å². The zero-order valence-electron chi connectivity index (χ0n) is 10.4. The Kier molecular flexibility index (Phi) is 3.95. The van der Waals surface area contributed by atoms with Crippen molar-refractivity contribution in [2.24, 2.45) is 0 Å². The topological polar surface area (TPSA) is 19.4 Å². The van der Waals surface area contributed by atoms with E-state index in [9.17, 15) is 0 Å². The molecule has 16 heavy (non-hydrogen) atoms. The van der Waals surface area contributed by atoms with Crippen LogP contribution in [0.4, 0.5) is 0 Å². The SMILES string of the molecule is CCc1csc(C2CN(C)CCCN2C)n1. The molecule has 1 fully saturated rings. The van der Waals surface area contributed by atoms with Gasteiger partial charge in [0, 0.05) is 11.9 Å². The summed E-state index contributed by atoms with van der Waals surface area (Å²) in [5, 5.41) is 3.49. The molecule has 0 spiro atoms. The Morgan fingerprint density at radius 2 is 2.25 bits per heavy atom. The Balaban J connectivity index is 2.15. The summed E-state index contributed by atoms with van der Waals surface area (Å²) in [5.74, 6) is 0. The molecule has 2 rings (SSSR count). The Morgan fingerprint density at radius 3 is 2.94 bits per heavy atom. The first-order valence-electron chi connectivity index (χ1n) is 6.03. The minimum Gasteiger partial charge on any atom is -0.304 e. The molecule has 3 nitrogen and oxygen atoms in total. The number of thiazole rings is 1. The van der Waals surface area contributed by atoms with Crippen molar-refractivity contribution in [3.8, 4) is 0 Å². The van der Waals surface area contributed by atoms with Gasteiger partial charge in [-0.05, 0) is 40.0 Å². The van der Waals surface area contributed by atoms with Gasteiger partial charge >= 0.3 is 0 Å². The summed E-state index contributed by atoms with van der Waals surface area (Å²) in [7, 11) is 4.43. The first kappa shape index (κ1) is 12.0. The largest absolute Gasteiger partial charge is 0.304 e. The molecule has 0 radical (unpaired) electrons. The van der Waals surface area contributed by atoms with Gasteiger partial charge in [-0.1, -0.05) is 6.92 Å². The number of rotatable bonds is 2. The molecule has 1 aromatic rings. The van der Waals surface area contributed by atoms with Crippen molar-refractivity contribution in [3.05, 3.63) is 16.1 Å². The van der Waals surface area contributed by atoms with E-state index in [4.69, 9.17) is 4.98 Å². The van der Waals surface area contributed by atoms with E-state index in [2.05, 4.69) is 36.2 Å². The van der Waals surface area contributed by atoms with Gasteiger partial charge in [-0.3, -0.25) is 4.90 Å². The van der Waals surface area contributed by atoms with Crippen LogP contribution in [-0.2, 0) is 6.42 Å². The number of nitrogens with zero attached hydrogens (tertiary/aromatic N) is 3. The number of aromatic nitrogens is 1. The van der Waals surface area contributed by atoms with Crippen LogP contribution in [0.1, 0.15) is 30.1 Å². The fraction of sp³-hybridized carbons (Fsp3) is 0.750. The maximum atomic E-state index is 4.73. The van der Waals surface area contributed by atoms with Gasteiger partial charge in [0.15, 0.2) is 0 Å². The van der Waals surface area contributed by atoms with Crippen molar-refractivity contribution in [2.45, 2.75) is 25.8 Å². The van der Waals surface area contributed by atoms with Crippen LogP contribution in [-0.4, -0.2) is 48.5 Å². The van der Waals surface area contributed by atoms with Crippen LogP contribution >= 0.6 is 11.3 Å². The molecule has 0 saturated carbocycles. The standard InChI is InChI=1S/C12H21N3S/c1-4-10-9-16-12(13-10)11-8-14(2)6-5-7-15(11)3/h9,11H,4-8H2,1-3H3. The average molecular weight is 239 g/mol. The molecule has 0 N–H and O–H groups in total. The highest BCUT2D eigenvalue weighted by molar-refractivity contribution is 7.09. The van der Waals surface area contributed by atoms with Gasteiger partial charge in [0.1, 0.15) is 5.01 Å². The molecule has 90 valence electrons. The van der Waals surface area contributed by atoms with Gasteiger partial charge in [0.25, 0.3) is 0 Å². The van der Waals surface area contributed by atoms with Crippen molar-refractivity contribution >= 4 is 11.3 Å². The Morgan fingerprint density at radius 1 is 1.44 bits per heavy atom. The predicted molar refractivity (Wildman–Crippen MR) is 69.0 cm³/mol. The van der Waals surface area contributed by atoms with Crippen LogP contribution in [0, 0.1) is 0 Å². The van der Waals surface area contributed by atoms with E-state index in [1.165, 1.54) is 30.2 Å². The zero-order chi connectivity index (χ0) is 11.5. The summed E-state index contributed by atoms with van der Waals surface area (Å²) >= 11 is 1.82. The molecule has 1 atom stereocenters. The number of hydrogen-bond donors (Lipinski definition) is 0. The molecular formula is C12H21N3S. The Hall–Kier alpha value is -0.450. The molecule has 0 aromatic carbocycles.